The number of anilines is 2. The Morgan fingerprint density at radius 2 is 1.13 bits per heavy atom. The maximum absolute atomic E-state index is 13.0. The number of hydrogen-bond acceptors (Lipinski definition) is 13. The van der Waals surface area contributed by atoms with Gasteiger partial charge in [0, 0.05) is 26.4 Å². The summed E-state index contributed by atoms with van der Waals surface area (Å²) in [5.41, 5.74) is 4.59. The SMILES string of the molecule is CC(C)(C)OC(=O)NCC(=O)NC(CC1CCOCC1)C(=O)Nc1ccc(F)cn1.CC(C)(C)OC(=O)NCC(=O)O.Cl.Cl.NC(CC1CCOCC1)C(=O)Nc1ccc(F)cn1. The normalized spacial score (nSPS) is 14.9. The first-order chi connectivity index (χ1) is 28.6. The number of rotatable bonds is 13. The van der Waals surface area contributed by atoms with Crippen molar-refractivity contribution in [2.24, 2.45) is 17.6 Å². The lowest BCUT2D eigenvalue weighted by molar-refractivity contribution is -0.136. The molecule has 0 saturated carbocycles. The minimum absolute atomic E-state index is 0. The van der Waals surface area contributed by atoms with Crippen molar-refractivity contribution in [1.82, 2.24) is 25.9 Å². The number of nitrogens with two attached hydrogens (primary N) is 1. The zero-order valence-electron chi connectivity index (χ0n) is 36.3. The molecule has 2 atom stereocenters. The van der Waals surface area contributed by atoms with Crippen LogP contribution in [0.3, 0.4) is 0 Å². The highest BCUT2D eigenvalue weighted by atomic mass is 35.5. The largest absolute Gasteiger partial charge is 0.480 e. The second-order valence-electron chi connectivity index (χ2n) is 16.1. The number of ether oxygens (including phenoxy) is 4. The van der Waals surface area contributed by atoms with E-state index in [-0.39, 0.29) is 49.0 Å². The van der Waals surface area contributed by atoms with Gasteiger partial charge in [-0.15, -0.1) is 24.8 Å². The minimum Gasteiger partial charge on any atom is -0.480 e. The fourth-order valence-electron chi connectivity index (χ4n) is 5.50. The lowest BCUT2D eigenvalue weighted by atomic mass is 9.92. The van der Waals surface area contributed by atoms with Crippen LogP contribution in [0.1, 0.15) is 80.1 Å². The van der Waals surface area contributed by atoms with Crippen molar-refractivity contribution in [1.29, 1.82) is 0 Å². The Kier molecular flexibility index (Phi) is 27.1. The van der Waals surface area contributed by atoms with Gasteiger partial charge in [-0.25, -0.2) is 28.3 Å². The number of carbonyl (C=O) groups is 6. The summed E-state index contributed by atoms with van der Waals surface area (Å²) in [5.74, 6) is -2.21. The maximum Gasteiger partial charge on any atom is 0.408 e. The van der Waals surface area contributed by atoms with Crippen LogP contribution in [0.5, 0.6) is 0 Å². The van der Waals surface area contributed by atoms with Crippen LogP contribution in [-0.2, 0) is 38.1 Å². The van der Waals surface area contributed by atoms with Crippen LogP contribution >= 0.6 is 24.8 Å². The predicted octanol–water partition coefficient (Wildman–Crippen LogP) is 4.73. The molecular weight excluding hydrogens is 877 g/mol. The third-order valence-electron chi connectivity index (χ3n) is 8.36. The molecule has 2 aromatic heterocycles. The van der Waals surface area contributed by atoms with Crippen molar-refractivity contribution < 1.29 is 61.6 Å². The summed E-state index contributed by atoms with van der Waals surface area (Å²) >= 11 is 0. The molecular formula is C40H62Cl2F2N8O11. The van der Waals surface area contributed by atoms with Gasteiger partial charge in [-0.2, -0.15) is 0 Å². The lowest BCUT2D eigenvalue weighted by Gasteiger charge is -2.26. The van der Waals surface area contributed by atoms with Gasteiger partial charge < -0.3 is 56.4 Å². The number of carboxylic acid groups (broad SMARTS) is 1. The van der Waals surface area contributed by atoms with Crippen LogP contribution < -0.4 is 32.3 Å². The highest BCUT2D eigenvalue weighted by molar-refractivity contribution is 5.97. The van der Waals surface area contributed by atoms with E-state index in [0.29, 0.717) is 37.8 Å². The Morgan fingerprint density at radius 1 is 0.714 bits per heavy atom. The maximum atomic E-state index is 13.0. The number of halogens is 4. The Hall–Kier alpha value is -4.96. The molecule has 356 valence electrons. The molecule has 0 bridgehead atoms. The van der Waals surface area contributed by atoms with Crippen LogP contribution in [-0.4, -0.2) is 114 Å². The van der Waals surface area contributed by atoms with E-state index in [0.717, 1.165) is 51.3 Å². The van der Waals surface area contributed by atoms with Crippen LogP contribution in [0, 0.1) is 23.5 Å². The quantitative estimate of drug-likeness (QED) is 0.143. The van der Waals surface area contributed by atoms with Gasteiger partial charge in [0.1, 0.15) is 53.6 Å². The first kappa shape index (κ1) is 58.0. The summed E-state index contributed by atoms with van der Waals surface area (Å²) < 4.78 is 46.2. The van der Waals surface area contributed by atoms with E-state index >= 15 is 0 Å². The molecule has 2 aromatic rings. The fraction of sp³-hybridized carbons (Fsp3) is 0.600. The average molecular weight is 940 g/mol. The van der Waals surface area contributed by atoms with Crippen molar-refractivity contribution in [3.8, 4) is 0 Å². The molecule has 4 rings (SSSR count). The monoisotopic (exact) mass is 938 g/mol. The summed E-state index contributed by atoms with van der Waals surface area (Å²) in [7, 11) is 0. The number of pyridine rings is 2. The summed E-state index contributed by atoms with van der Waals surface area (Å²) in [5, 5.41) is 20.5. The van der Waals surface area contributed by atoms with E-state index in [1.54, 1.807) is 41.5 Å². The van der Waals surface area contributed by atoms with Gasteiger partial charge in [0.15, 0.2) is 0 Å². The molecule has 63 heavy (non-hydrogen) atoms. The summed E-state index contributed by atoms with van der Waals surface area (Å²) in [6.45, 7) is 12.2. The number of carbonyl (C=O) groups excluding carboxylic acids is 5. The van der Waals surface area contributed by atoms with Crippen LogP contribution in [0.2, 0.25) is 0 Å². The molecule has 2 aliphatic rings. The first-order valence-electron chi connectivity index (χ1n) is 19.8. The number of aromatic nitrogens is 2. The smallest absolute Gasteiger partial charge is 0.408 e. The van der Waals surface area contributed by atoms with E-state index in [4.69, 9.17) is 29.8 Å². The van der Waals surface area contributed by atoms with Crippen molar-refractivity contribution in [2.75, 3.05) is 50.2 Å². The molecule has 4 heterocycles. The predicted molar refractivity (Wildman–Crippen MR) is 232 cm³/mol. The standard InChI is InChI=1S/C20H29FN4O5.C13H18FN3O2.C7H13NO4.2ClH/c1-20(2,3)30-19(28)23-12-17(26)24-15(10-13-6-8-29-9-7-13)18(27)25-16-5-4-14(21)11-22-16;14-10-1-2-12(16-8-10)17-13(18)11(15)7-9-3-5-19-6-4-9;1-7(2,3)12-6(11)8-4-5(9)10;;/h4-5,11,13,15H,6-10,12H2,1-3H3,(H,23,28)(H,24,26)(H,22,25,27);1-2,8-9,11H,3-7,15H2,(H,16,17,18);4H2,1-3H3,(H,8,11)(H,9,10);2*1H. The number of amides is 5. The highest BCUT2D eigenvalue weighted by Gasteiger charge is 2.27. The van der Waals surface area contributed by atoms with Crippen molar-refractivity contribution >= 4 is 72.3 Å². The molecule has 0 radical (unpaired) electrons. The molecule has 0 spiro atoms. The number of nitrogens with one attached hydrogen (secondary N) is 5. The Morgan fingerprint density at radius 3 is 1.52 bits per heavy atom. The molecule has 23 heteroatoms. The Bertz CT molecular complexity index is 1710. The first-order valence-corrected chi connectivity index (χ1v) is 19.8. The van der Waals surface area contributed by atoms with Crippen molar-refractivity contribution in [2.45, 2.75) is 103 Å². The summed E-state index contributed by atoms with van der Waals surface area (Å²) in [6, 6.07) is 3.76. The van der Waals surface area contributed by atoms with E-state index in [1.807, 2.05) is 0 Å². The van der Waals surface area contributed by atoms with Crippen LogP contribution in [0.25, 0.3) is 0 Å². The molecule has 8 N–H and O–H groups in total. The van der Waals surface area contributed by atoms with Gasteiger partial charge in [-0.05, 0) is 116 Å². The van der Waals surface area contributed by atoms with Crippen molar-refractivity contribution in [3.05, 3.63) is 48.3 Å². The molecule has 5 amide bonds. The minimum atomic E-state index is -1.10. The molecule has 0 aliphatic carbocycles. The summed E-state index contributed by atoms with van der Waals surface area (Å²) in [6.07, 6.45) is 5.10. The molecule has 19 nitrogen and oxygen atoms in total. The summed E-state index contributed by atoms with van der Waals surface area (Å²) in [4.78, 5) is 77.0. The van der Waals surface area contributed by atoms with Gasteiger partial charge in [0.05, 0.1) is 18.4 Å². The second-order valence-corrected chi connectivity index (χ2v) is 16.1. The number of aliphatic carboxylic acids is 1. The van der Waals surface area contributed by atoms with Gasteiger partial charge >= 0.3 is 18.2 Å². The van der Waals surface area contributed by atoms with Gasteiger partial charge in [0.2, 0.25) is 17.7 Å². The van der Waals surface area contributed by atoms with E-state index in [1.165, 1.54) is 24.3 Å². The van der Waals surface area contributed by atoms with Gasteiger partial charge in [0.25, 0.3) is 0 Å². The molecule has 2 aliphatic heterocycles. The van der Waals surface area contributed by atoms with Crippen LogP contribution in [0.4, 0.5) is 30.0 Å². The zero-order valence-corrected chi connectivity index (χ0v) is 38.0. The van der Waals surface area contributed by atoms with Gasteiger partial charge in [-0.1, -0.05) is 0 Å². The molecule has 2 fully saturated rings. The molecule has 2 saturated heterocycles. The second kappa shape index (κ2) is 29.4. The third-order valence-corrected chi connectivity index (χ3v) is 8.36. The third kappa shape index (κ3) is 27.7. The Labute approximate surface area is 378 Å². The van der Waals surface area contributed by atoms with Crippen molar-refractivity contribution in [3.63, 3.8) is 0 Å². The Balaban J connectivity index is 0.000000998. The molecule has 2 unspecified atom stereocenters. The lowest BCUT2D eigenvalue weighted by Crippen LogP contribution is -2.49. The number of nitrogens with zero attached hydrogens (tertiary/aromatic N) is 2. The van der Waals surface area contributed by atoms with Crippen LogP contribution in [0.15, 0.2) is 36.7 Å². The number of carboxylic acids is 1. The van der Waals surface area contributed by atoms with E-state index in [2.05, 4.69) is 36.6 Å². The topological polar surface area (TPSA) is 272 Å². The van der Waals surface area contributed by atoms with E-state index in [9.17, 15) is 37.5 Å². The highest BCUT2D eigenvalue weighted by Crippen LogP contribution is 2.22. The number of hydrogen-bond donors (Lipinski definition) is 7. The molecule has 0 aromatic carbocycles. The van der Waals surface area contributed by atoms with Gasteiger partial charge in [-0.3, -0.25) is 19.2 Å². The average Bonchev–Trinajstić information content (AvgIpc) is 3.18. The number of alkyl carbamates (subject to hydrolysis) is 2. The zero-order chi connectivity index (χ0) is 45.6. The van der Waals surface area contributed by atoms with E-state index < -0.39 is 71.4 Å². The fourth-order valence-corrected chi connectivity index (χ4v) is 5.50.